The summed E-state index contributed by atoms with van der Waals surface area (Å²) < 4.78 is 48.2. The summed E-state index contributed by atoms with van der Waals surface area (Å²) in [4.78, 5) is 9.23. The molecule has 43 heavy (non-hydrogen) atoms. The molecular formula is C32H33ClFN5O3S. The molecule has 0 saturated carbocycles. The fourth-order valence-electron chi connectivity index (χ4n) is 5.00. The normalized spacial score (nSPS) is 11.8. The Morgan fingerprint density at radius 1 is 0.814 bits per heavy atom. The summed E-state index contributed by atoms with van der Waals surface area (Å²) in [5, 5.41) is 8.90. The van der Waals surface area contributed by atoms with E-state index in [9.17, 15) is 12.8 Å². The standard InChI is InChI=1S/C32H33ClFN5O3S/c1-21-17-31(27-19-23(33)5-11-29(27)37-21)35-13-4-15-39(43(40,41)26-9-7-25(42-3)8-10-26)16-14-36-32-18-22(2)38-30-12-6-24(34)20-28(30)32/h5-12,17-20H,4,13-16H2,1-3H3,(H,35,37)(H,36,38). The Kier molecular flexibility index (Phi) is 9.29. The molecule has 0 aliphatic rings. The van der Waals surface area contributed by atoms with Crippen molar-refractivity contribution in [3.63, 3.8) is 0 Å². The van der Waals surface area contributed by atoms with Gasteiger partial charge in [-0.15, -0.1) is 0 Å². The van der Waals surface area contributed by atoms with E-state index >= 15 is 0 Å². The number of halogens is 2. The van der Waals surface area contributed by atoms with Crippen LogP contribution in [0.4, 0.5) is 15.8 Å². The van der Waals surface area contributed by atoms with Gasteiger partial charge in [-0.25, -0.2) is 12.8 Å². The van der Waals surface area contributed by atoms with Gasteiger partial charge in [0.2, 0.25) is 10.0 Å². The molecule has 2 heterocycles. The quantitative estimate of drug-likeness (QED) is 0.148. The van der Waals surface area contributed by atoms with Gasteiger partial charge in [0, 0.05) is 64.7 Å². The molecule has 0 saturated heterocycles. The van der Waals surface area contributed by atoms with Crippen molar-refractivity contribution < 1.29 is 17.5 Å². The van der Waals surface area contributed by atoms with Gasteiger partial charge in [0.15, 0.2) is 0 Å². The van der Waals surface area contributed by atoms with Crippen LogP contribution in [0, 0.1) is 19.7 Å². The van der Waals surface area contributed by atoms with E-state index in [0.29, 0.717) is 46.9 Å². The topological polar surface area (TPSA) is 96.5 Å². The maximum atomic E-state index is 14.0. The van der Waals surface area contributed by atoms with Crippen molar-refractivity contribution in [3.8, 4) is 5.75 Å². The van der Waals surface area contributed by atoms with Crippen LogP contribution in [0.2, 0.25) is 5.02 Å². The number of rotatable bonds is 12. The zero-order valence-corrected chi connectivity index (χ0v) is 25.8. The number of anilines is 2. The third-order valence-electron chi connectivity index (χ3n) is 7.07. The molecule has 0 amide bonds. The first-order valence-electron chi connectivity index (χ1n) is 13.9. The lowest BCUT2D eigenvalue weighted by molar-refractivity contribution is 0.412. The summed E-state index contributed by atoms with van der Waals surface area (Å²) in [5.41, 5.74) is 4.73. The first-order valence-corrected chi connectivity index (χ1v) is 15.7. The second-order valence-electron chi connectivity index (χ2n) is 10.2. The molecule has 8 nitrogen and oxygen atoms in total. The Morgan fingerprint density at radius 3 is 2.07 bits per heavy atom. The van der Waals surface area contributed by atoms with Crippen LogP contribution in [-0.2, 0) is 10.0 Å². The number of nitrogens with one attached hydrogen (secondary N) is 2. The second-order valence-corrected chi connectivity index (χ2v) is 12.6. The number of fused-ring (bicyclic) bond motifs is 2. The number of aryl methyl sites for hydroxylation is 2. The average Bonchev–Trinajstić information content (AvgIpc) is 2.98. The number of ether oxygens (including phenoxy) is 1. The van der Waals surface area contributed by atoms with Crippen LogP contribution in [0.5, 0.6) is 5.75 Å². The largest absolute Gasteiger partial charge is 0.497 e. The van der Waals surface area contributed by atoms with Gasteiger partial charge in [-0.2, -0.15) is 4.31 Å². The minimum absolute atomic E-state index is 0.180. The first-order chi connectivity index (χ1) is 20.6. The second kappa shape index (κ2) is 13.1. The number of aromatic nitrogens is 2. The van der Waals surface area contributed by atoms with Crippen molar-refractivity contribution >= 4 is 54.8 Å². The van der Waals surface area contributed by atoms with E-state index in [0.717, 1.165) is 28.0 Å². The van der Waals surface area contributed by atoms with Gasteiger partial charge in [-0.05, 0) is 93.1 Å². The van der Waals surface area contributed by atoms with Crippen LogP contribution < -0.4 is 15.4 Å². The lowest BCUT2D eigenvalue weighted by atomic mass is 10.1. The minimum atomic E-state index is -3.82. The fraction of sp³-hybridized carbons (Fsp3) is 0.250. The number of methoxy groups -OCH3 is 1. The summed E-state index contributed by atoms with van der Waals surface area (Å²) in [6.07, 6.45) is 0.543. The van der Waals surface area contributed by atoms with Crippen LogP contribution in [0.25, 0.3) is 21.8 Å². The van der Waals surface area contributed by atoms with E-state index in [4.69, 9.17) is 16.3 Å². The number of nitrogens with zero attached hydrogens (tertiary/aromatic N) is 3. The van der Waals surface area contributed by atoms with Crippen LogP contribution in [0.15, 0.2) is 77.7 Å². The molecule has 0 bridgehead atoms. The van der Waals surface area contributed by atoms with Crippen molar-refractivity contribution in [1.82, 2.24) is 14.3 Å². The van der Waals surface area contributed by atoms with Crippen molar-refractivity contribution in [2.45, 2.75) is 25.2 Å². The first kappa shape index (κ1) is 30.5. The van der Waals surface area contributed by atoms with Crippen molar-refractivity contribution in [2.75, 3.05) is 43.9 Å². The summed E-state index contributed by atoms with van der Waals surface area (Å²) in [6, 6.07) is 20.2. The molecule has 224 valence electrons. The highest BCUT2D eigenvalue weighted by Crippen LogP contribution is 2.27. The fourth-order valence-corrected chi connectivity index (χ4v) is 6.65. The summed E-state index contributed by atoms with van der Waals surface area (Å²) in [6.45, 7) is 5.10. The summed E-state index contributed by atoms with van der Waals surface area (Å²) in [7, 11) is -2.29. The highest BCUT2D eigenvalue weighted by atomic mass is 35.5. The van der Waals surface area contributed by atoms with Crippen molar-refractivity contribution in [3.05, 3.63) is 95.0 Å². The van der Waals surface area contributed by atoms with E-state index in [2.05, 4.69) is 20.6 Å². The molecule has 2 aromatic heterocycles. The Morgan fingerprint density at radius 2 is 1.42 bits per heavy atom. The average molecular weight is 622 g/mol. The minimum Gasteiger partial charge on any atom is -0.497 e. The number of benzene rings is 3. The maximum absolute atomic E-state index is 14.0. The van der Waals surface area contributed by atoms with Gasteiger partial charge in [0.1, 0.15) is 11.6 Å². The zero-order chi connectivity index (χ0) is 30.6. The SMILES string of the molecule is COc1ccc(S(=O)(=O)N(CCCNc2cc(C)nc3ccc(Cl)cc23)CCNc2cc(C)nc3ccc(F)cc23)cc1. The Hall–Kier alpha value is -3.99. The lowest BCUT2D eigenvalue weighted by Gasteiger charge is -2.23. The molecule has 0 unspecified atom stereocenters. The third kappa shape index (κ3) is 7.15. The van der Waals surface area contributed by atoms with Gasteiger partial charge < -0.3 is 15.4 Å². The van der Waals surface area contributed by atoms with Gasteiger partial charge in [0.25, 0.3) is 0 Å². The van der Waals surface area contributed by atoms with Crippen LogP contribution in [0.3, 0.4) is 0 Å². The lowest BCUT2D eigenvalue weighted by Crippen LogP contribution is -2.36. The van der Waals surface area contributed by atoms with Crippen LogP contribution >= 0.6 is 11.6 Å². The highest BCUT2D eigenvalue weighted by molar-refractivity contribution is 7.89. The van der Waals surface area contributed by atoms with E-state index in [1.165, 1.54) is 23.5 Å². The molecule has 2 N–H and O–H groups in total. The number of hydrogen-bond acceptors (Lipinski definition) is 7. The Bertz CT molecular complexity index is 1870. The van der Waals surface area contributed by atoms with Crippen LogP contribution in [0.1, 0.15) is 17.8 Å². The molecule has 5 rings (SSSR count). The van der Waals surface area contributed by atoms with Gasteiger partial charge in [-0.3, -0.25) is 9.97 Å². The van der Waals surface area contributed by atoms with Crippen LogP contribution in [-0.4, -0.2) is 56.0 Å². The Balaban J connectivity index is 1.33. The molecule has 11 heteroatoms. The summed E-state index contributed by atoms with van der Waals surface area (Å²) in [5.74, 6) is 0.209. The van der Waals surface area contributed by atoms with E-state index in [1.54, 1.807) is 30.3 Å². The zero-order valence-electron chi connectivity index (χ0n) is 24.2. The predicted molar refractivity (Wildman–Crippen MR) is 171 cm³/mol. The molecule has 0 radical (unpaired) electrons. The third-order valence-corrected chi connectivity index (χ3v) is 9.22. The number of pyridine rings is 2. The van der Waals surface area contributed by atoms with Crippen molar-refractivity contribution in [1.29, 1.82) is 0 Å². The molecule has 0 aliphatic carbocycles. The molecule has 0 spiro atoms. The molecular weight excluding hydrogens is 589 g/mol. The van der Waals surface area contributed by atoms with E-state index < -0.39 is 10.0 Å². The number of sulfonamides is 1. The smallest absolute Gasteiger partial charge is 0.243 e. The highest BCUT2D eigenvalue weighted by Gasteiger charge is 2.24. The molecule has 3 aromatic carbocycles. The van der Waals surface area contributed by atoms with E-state index in [-0.39, 0.29) is 23.8 Å². The molecule has 0 aliphatic heterocycles. The van der Waals surface area contributed by atoms with Gasteiger partial charge in [0.05, 0.1) is 23.0 Å². The Labute approximate surface area is 255 Å². The van der Waals surface area contributed by atoms with Gasteiger partial charge in [-0.1, -0.05) is 11.6 Å². The maximum Gasteiger partial charge on any atom is 0.243 e. The molecule has 0 atom stereocenters. The van der Waals surface area contributed by atoms with E-state index in [1.807, 2.05) is 44.2 Å². The monoisotopic (exact) mass is 621 g/mol. The summed E-state index contributed by atoms with van der Waals surface area (Å²) >= 11 is 6.24. The van der Waals surface area contributed by atoms with Crippen molar-refractivity contribution in [2.24, 2.45) is 0 Å². The molecule has 0 fully saturated rings. The number of hydrogen-bond donors (Lipinski definition) is 2. The predicted octanol–water partition coefficient (Wildman–Crippen LogP) is 6.81. The van der Waals surface area contributed by atoms with Gasteiger partial charge >= 0.3 is 0 Å². The molecule has 5 aromatic rings.